The minimum absolute atomic E-state index is 0.108. The molecule has 1 saturated heterocycles. The van der Waals surface area contributed by atoms with Gasteiger partial charge in [-0.3, -0.25) is 9.59 Å². The number of aromatic carboxylic acids is 1. The zero-order chi connectivity index (χ0) is 13.6. The Morgan fingerprint density at radius 2 is 1.84 bits per heavy atom. The lowest BCUT2D eigenvalue weighted by atomic mass is 10.00. The number of hydrogen-bond acceptors (Lipinski definition) is 4. The number of carboxylic acid groups (broad SMARTS) is 1. The Hall–Kier alpha value is -2.24. The van der Waals surface area contributed by atoms with Crippen molar-refractivity contribution < 1.29 is 19.5 Å². The molecule has 3 rings (SSSR count). The van der Waals surface area contributed by atoms with Gasteiger partial charge in [-0.15, -0.1) is 0 Å². The molecule has 2 unspecified atom stereocenters. The highest BCUT2D eigenvalue weighted by Gasteiger charge is 2.50. The lowest BCUT2D eigenvalue weighted by Crippen LogP contribution is -2.31. The van der Waals surface area contributed by atoms with Crippen molar-refractivity contribution in [2.75, 3.05) is 4.90 Å². The smallest absolute Gasteiger partial charge is 0.354 e. The summed E-state index contributed by atoms with van der Waals surface area (Å²) in [5.74, 6) is -1.91. The minimum Gasteiger partial charge on any atom is -0.477 e. The normalized spacial score (nSPS) is 25.8. The standard InChI is InChI=1S/C13H12N2O4/c16-11-8-2-1-3-9(8)12(17)15(11)7-4-5-10(13(18)19)14-6-7/h4-6,8-9H,1-3H2,(H,18,19). The van der Waals surface area contributed by atoms with Crippen LogP contribution in [0.5, 0.6) is 0 Å². The molecule has 2 aliphatic rings. The van der Waals surface area contributed by atoms with Gasteiger partial charge in [-0.05, 0) is 25.0 Å². The molecule has 19 heavy (non-hydrogen) atoms. The van der Waals surface area contributed by atoms with Gasteiger partial charge in [0.15, 0.2) is 0 Å². The molecule has 98 valence electrons. The van der Waals surface area contributed by atoms with Crippen molar-refractivity contribution in [2.45, 2.75) is 19.3 Å². The van der Waals surface area contributed by atoms with E-state index in [1.807, 2.05) is 0 Å². The maximum Gasteiger partial charge on any atom is 0.354 e. The monoisotopic (exact) mass is 260 g/mol. The van der Waals surface area contributed by atoms with Crippen LogP contribution in [0.4, 0.5) is 5.69 Å². The molecule has 1 saturated carbocycles. The summed E-state index contributed by atoms with van der Waals surface area (Å²) in [7, 11) is 0. The van der Waals surface area contributed by atoms with Gasteiger partial charge in [0.25, 0.3) is 0 Å². The molecule has 1 aliphatic carbocycles. The van der Waals surface area contributed by atoms with E-state index in [9.17, 15) is 14.4 Å². The number of hydrogen-bond donors (Lipinski definition) is 1. The summed E-state index contributed by atoms with van der Waals surface area (Å²) in [6.07, 6.45) is 3.69. The van der Waals surface area contributed by atoms with Crippen molar-refractivity contribution in [3.05, 3.63) is 24.0 Å². The Balaban J connectivity index is 1.92. The Morgan fingerprint density at radius 1 is 1.21 bits per heavy atom. The third kappa shape index (κ3) is 1.71. The van der Waals surface area contributed by atoms with E-state index in [2.05, 4.69) is 4.98 Å². The fourth-order valence-corrected chi connectivity index (χ4v) is 2.89. The zero-order valence-electron chi connectivity index (χ0n) is 10.1. The van der Waals surface area contributed by atoms with Gasteiger partial charge in [-0.25, -0.2) is 14.7 Å². The highest BCUT2D eigenvalue weighted by Crippen LogP contribution is 2.41. The van der Waals surface area contributed by atoms with Crippen LogP contribution in [0.1, 0.15) is 29.8 Å². The zero-order valence-corrected chi connectivity index (χ0v) is 10.1. The van der Waals surface area contributed by atoms with Crippen LogP contribution >= 0.6 is 0 Å². The van der Waals surface area contributed by atoms with E-state index < -0.39 is 5.97 Å². The number of carbonyl (C=O) groups is 3. The predicted molar refractivity (Wildman–Crippen MR) is 64.5 cm³/mol. The summed E-state index contributed by atoms with van der Waals surface area (Å²) < 4.78 is 0. The summed E-state index contributed by atoms with van der Waals surface area (Å²) in [6, 6.07) is 2.75. The highest BCUT2D eigenvalue weighted by molar-refractivity contribution is 6.22. The molecule has 2 heterocycles. The Bertz CT molecular complexity index is 545. The molecule has 0 radical (unpaired) electrons. The van der Waals surface area contributed by atoms with Crippen LogP contribution in [0.2, 0.25) is 0 Å². The second-order valence-electron chi connectivity index (χ2n) is 4.86. The number of imide groups is 1. The molecule has 6 nitrogen and oxygen atoms in total. The molecule has 6 heteroatoms. The van der Waals surface area contributed by atoms with E-state index in [0.29, 0.717) is 5.69 Å². The number of carboxylic acids is 1. The predicted octanol–water partition coefficient (Wildman–Crippen LogP) is 1.07. The van der Waals surface area contributed by atoms with E-state index in [4.69, 9.17) is 5.11 Å². The third-order valence-electron chi connectivity index (χ3n) is 3.82. The largest absolute Gasteiger partial charge is 0.477 e. The minimum atomic E-state index is -1.14. The van der Waals surface area contributed by atoms with Crippen LogP contribution in [-0.4, -0.2) is 27.9 Å². The molecule has 1 aromatic rings. The quantitative estimate of drug-likeness (QED) is 0.803. The summed E-state index contributed by atoms with van der Waals surface area (Å²) in [5, 5.41) is 8.77. The van der Waals surface area contributed by atoms with Crippen LogP contribution in [0.3, 0.4) is 0 Å². The number of pyridine rings is 1. The van der Waals surface area contributed by atoms with Gasteiger partial charge in [0.1, 0.15) is 5.69 Å². The molecule has 1 aliphatic heterocycles. The third-order valence-corrected chi connectivity index (χ3v) is 3.82. The van der Waals surface area contributed by atoms with E-state index in [-0.39, 0.29) is 29.3 Å². The summed E-state index contributed by atoms with van der Waals surface area (Å²) in [6.45, 7) is 0. The lowest BCUT2D eigenvalue weighted by molar-refractivity contribution is -0.122. The number of anilines is 1. The molecule has 0 bridgehead atoms. The number of nitrogens with zero attached hydrogens (tertiary/aromatic N) is 2. The van der Waals surface area contributed by atoms with Crippen molar-refractivity contribution in [1.82, 2.24) is 4.98 Å². The lowest BCUT2D eigenvalue weighted by Gasteiger charge is -2.15. The van der Waals surface area contributed by atoms with Gasteiger partial charge >= 0.3 is 5.97 Å². The number of rotatable bonds is 2. The maximum absolute atomic E-state index is 12.2. The molecule has 1 N–H and O–H groups in total. The first-order chi connectivity index (χ1) is 9.09. The number of carbonyl (C=O) groups excluding carboxylic acids is 2. The number of fused-ring (bicyclic) bond motifs is 1. The summed E-state index contributed by atoms with van der Waals surface area (Å²) in [4.78, 5) is 40.0. The highest BCUT2D eigenvalue weighted by atomic mass is 16.4. The molecule has 2 amide bonds. The van der Waals surface area contributed by atoms with Crippen molar-refractivity contribution >= 4 is 23.5 Å². The first kappa shape index (κ1) is 11.8. The summed E-state index contributed by atoms with van der Waals surface area (Å²) in [5.41, 5.74) is 0.248. The van der Waals surface area contributed by atoms with Crippen molar-refractivity contribution in [3.8, 4) is 0 Å². The molecule has 2 fully saturated rings. The van der Waals surface area contributed by atoms with E-state index in [1.165, 1.54) is 18.3 Å². The van der Waals surface area contributed by atoms with Crippen LogP contribution in [0, 0.1) is 11.8 Å². The van der Waals surface area contributed by atoms with Crippen molar-refractivity contribution in [3.63, 3.8) is 0 Å². The van der Waals surface area contributed by atoms with Crippen LogP contribution < -0.4 is 4.90 Å². The van der Waals surface area contributed by atoms with Crippen LogP contribution in [0.15, 0.2) is 18.3 Å². The van der Waals surface area contributed by atoms with Crippen molar-refractivity contribution in [2.24, 2.45) is 11.8 Å². The fourth-order valence-electron chi connectivity index (χ4n) is 2.89. The van der Waals surface area contributed by atoms with E-state index in [1.54, 1.807) is 0 Å². The van der Waals surface area contributed by atoms with Gasteiger partial charge in [0, 0.05) is 0 Å². The average Bonchev–Trinajstić information content (AvgIpc) is 2.95. The average molecular weight is 260 g/mol. The van der Waals surface area contributed by atoms with Gasteiger partial charge in [0.05, 0.1) is 23.7 Å². The SMILES string of the molecule is O=C(O)c1ccc(N2C(=O)C3CCCC3C2=O)cn1. The molecule has 0 spiro atoms. The fraction of sp³-hybridized carbons (Fsp3) is 0.385. The van der Waals surface area contributed by atoms with E-state index >= 15 is 0 Å². The Labute approximate surface area is 109 Å². The van der Waals surface area contributed by atoms with Gasteiger partial charge < -0.3 is 5.11 Å². The summed E-state index contributed by atoms with van der Waals surface area (Å²) >= 11 is 0. The van der Waals surface area contributed by atoms with Crippen LogP contribution in [-0.2, 0) is 9.59 Å². The molecule has 0 aromatic carbocycles. The Morgan fingerprint density at radius 3 is 2.32 bits per heavy atom. The van der Waals surface area contributed by atoms with Gasteiger partial charge in [-0.1, -0.05) is 6.42 Å². The number of amides is 2. The van der Waals surface area contributed by atoms with Gasteiger partial charge in [0.2, 0.25) is 11.8 Å². The topological polar surface area (TPSA) is 87.6 Å². The Kier molecular flexibility index (Phi) is 2.58. The molecule has 2 atom stereocenters. The molecular weight excluding hydrogens is 248 g/mol. The van der Waals surface area contributed by atoms with Crippen molar-refractivity contribution in [1.29, 1.82) is 0 Å². The molecule has 1 aromatic heterocycles. The second-order valence-corrected chi connectivity index (χ2v) is 4.86. The van der Waals surface area contributed by atoms with Gasteiger partial charge in [-0.2, -0.15) is 0 Å². The number of aromatic nitrogens is 1. The second kappa shape index (κ2) is 4.15. The molecular formula is C13H12N2O4. The first-order valence-electron chi connectivity index (χ1n) is 6.17. The maximum atomic E-state index is 12.2. The first-order valence-corrected chi connectivity index (χ1v) is 6.17. The van der Waals surface area contributed by atoms with E-state index in [0.717, 1.165) is 24.2 Å². The van der Waals surface area contributed by atoms with Crippen LogP contribution in [0.25, 0.3) is 0 Å².